The molecule has 5 nitrogen and oxygen atoms in total. The second-order valence-electron chi connectivity index (χ2n) is 5.63. The van der Waals surface area contributed by atoms with Gasteiger partial charge >= 0.3 is 0 Å². The van der Waals surface area contributed by atoms with Crippen LogP contribution in [-0.4, -0.2) is 41.1 Å². The first-order valence-corrected chi connectivity index (χ1v) is 8.83. The first kappa shape index (κ1) is 14.5. The van der Waals surface area contributed by atoms with E-state index in [1.807, 2.05) is 18.3 Å². The van der Waals surface area contributed by atoms with E-state index < -0.39 is 0 Å². The van der Waals surface area contributed by atoms with Crippen LogP contribution in [-0.2, 0) is 6.42 Å². The Morgan fingerprint density at radius 3 is 2.87 bits per heavy atom. The summed E-state index contributed by atoms with van der Waals surface area (Å²) in [6.07, 6.45) is 4.64. The lowest BCUT2D eigenvalue weighted by atomic mass is 10.2. The Morgan fingerprint density at radius 2 is 2.13 bits per heavy atom. The number of nitrogens with one attached hydrogen (secondary N) is 1. The Balaban J connectivity index is 1.88. The lowest BCUT2D eigenvalue weighted by Gasteiger charge is -2.29. The molecular formula is C17H19N5S. The van der Waals surface area contributed by atoms with Crippen LogP contribution in [0.25, 0.3) is 21.6 Å². The molecule has 0 aromatic carbocycles. The Labute approximate surface area is 139 Å². The molecule has 3 aromatic heterocycles. The largest absolute Gasteiger partial charge is 0.353 e. The van der Waals surface area contributed by atoms with Gasteiger partial charge in [-0.15, -0.1) is 11.3 Å². The molecule has 0 saturated carbocycles. The van der Waals surface area contributed by atoms with Crippen LogP contribution in [0.4, 0.5) is 5.82 Å². The van der Waals surface area contributed by atoms with Crippen molar-refractivity contribution in [3.8, 4) is 11.4 Å². The Hall–Kier alpha value is -2.05. The number of pyridine rings is 1. The van der Waals surface area contributed by atoms with Crippen molar-refractivity contribution in [1.82, 2.24) is 20.3 Å². The standard InChI is InChI=1S/C17H19N5S/c1-2-13-10-14-16(22-8-6-18-7-9-22)20-15(21-17(14)23-13)12-4-3-5-19-11-12/h3-5,10-11,18H,2,6-9H2,1H3. The van der Waals surface area contributed by atoms with Crippen molar-refractivity contribution >= 4 is 27.4 Å². The molecule has 4 heterocycles. The molecule has 1 fully saturated rings. The normalized spacial score (nSPS) is 15.3. The van der Waals surface area contributed by atoms with E-state index >= 15 is 0 Å². The molecule has 0 atom stereocenters. The fraction of sp³-hybridized carbons (Fsp3) is 0.353. The number of thiophene rings is 1. The van der Waals surface area contributed by atoms with E-state index in [9.17, 15) is 0 Å². The van der Waals surface area contributed by atoms with Gasteiger partial charge in [0.15, 0.2) is 5.82 Å². The van der Waals surface area contributed by atoms with Gasteiger partial charge in [-0.3, -0.25) is 4.98 Å². The summed E-state index contributed by atoms with van der Waals surface area (Å²) in [6.45, 7) is 6.15. The minimum absolute atomic E-state index is 0.767. The SMILES string of the molecule is CCc1cc2c(N3CCNCC3)nc(-c3cccnc3)nc2s1. The molecule has 0 unspecified atom stereocenters. The zero-order valence-corrected chi connectivity index (χ0v) is 13.9. The van der Waals surface area contributed by atoms with Gasteiger partial charge in [-0.1, -0.05) is 6.92 Å². The molecule has 0 radical (unpaired) electrons. The van der Waals surface area contributed by atoms with E-state index in [0.29, 0.717) is 0 Å². The third-order valence-corrected chi connectivity index (χ3v) is 5.28. The molecule has 1 aliphatic heterocycles. The molecule has 23 heavy (non-hydrogen) atoms. The number of nitrogens with zero attached hydrogens (tertiary/aromatic N) is 4. The summed E-state index contributed by atoms with van der Waals surface area (Å²) in [5, 5.41) is 4.58. The fourth-order valence-corrected chi connectivity index (χ4v) is 3.83. The van der Waals surface area contributed by atoms with Gasteiger partial charge in [0.2, 0.25) is 0 Å². The first-order chi connectivity index (χ1) is 11.3. The maximum Gasteiger partial charge on any atom is 0.164 e. The molecule has 0 amide bonds. The smallest absolute Gasteiger partial charge is 0.164 e. The first-order valence-electron chi connectivity index (χ1n) is 8.01. The Morgan fingerprint density at radius 1 is 1.26 bits per heavy atom. The molecule has 0 aliphatic carbocycles. The van der Waals surface area contributed by atoms with E-state index in [2.05, 4.69) is 28.2 Å². The molecule has 0 spiro atoms. The summed E-state index contributed by atoms with van der Waals surface area (Å²) in [4.78, 5) is 18.7. The summed E-state index contributed by atoms with van der Waals surface area (Å²) in [6, 6.07) is 6.20. The minimum atomic E-state index is 0.767. The van der Waals surface area contributed by atoms with Crippen LogP contribution in [0, 0.1) is 0 Å². The van der Waals surface area contributed by atoms with Crippen LogP contribution in [0.3, 0.4) is 0 Å². The highest BCUT2D eigenvalue weighted by atomic mass is 32.1. The van der Waals surface area contributed by atoms with E-state index in [-0.39, 0.29) is 0 Å². The quantitative estimate of drug-likeness (QED) is 0.802. The van der Waals surface area contributed by atoms with Gasteiger partial charge in [0.1, 0.15) is 10.6 Å². The molecule has 1 aliphatic rings. The van der Waals surface area contributed by atoms with Gasteiger partial charge in [0.25, 0.3) is 0 Å². The Bertz CT molecular complexity index is 808. The predicted octanol–water partition coefficient (Wildman–Crippen LogP) is 2.73. The molecule has 1 saturated heterocycles. The summed E-state index contributed by atoms with van der Waals surface area (Å²) in [5.74, 6) is 1.83. The number of fused-ring (bicyclic) bond motifs is 1. The summed E-state index contributed by atoms with van der Waals surface area (Å²) in [7, 11) is 0. The molecule has 118 valence electrons. The van der Waals surface area contributed by atoms with Crippen LogP contribution in [0.1, 0.15) is 11.8 Å². The number of rotatable bonds is 3. The number of hydrogen-bond donors (Lipinski definition) is 1. The second kappa shape index (κ2) is 6.22. The zero-order valence-electron chi connectivity index (χ0n) is 13.1. The highest BCUT2D eigenvalue weighted by Crippen LogP contribution is 2.33. The molecule has 6 heteroatoms. The zero-order chi connectivity index (χ0) is 15.6. The average Bonchev–Trinajstić information content (AvgIpc) is 3.05. The van der Waals surface area contributed by atoms with Crippen molar-refractivity contribution < 1.29 is 0 Å². The van der Waals surface area contributed by atoms with Crippen LogP contribution in [0.15, 0.2) is 30.6 Å². The highest BCUT2D eigenvalue weighted by Gasteiger charge is 2.19. The molecule has 0 bridgehead atoms. The van der Waals surface area contributed by atoms with Crippen molar-refractivity contribution in [2.75, 3.05) is 31.1 Å². The van der Waals surface area contributed by atoms with E-state index in [0.717, 1.165) is 54.6 Å². The van der Waals surface area contributed by atoms with E-state index in [1.165, 1.54) is 10.3 Å². The van der Waals surface area contributed by atoms with E-state index in [4.69, 9.17) is 9.97 Å². The van der Waals surface area contributed by atoms with Gasteiger partial charge in [-0.05, 0) is 24.6 Å². The Kier molecular flexibility index (Phi) is 3.93. The number of aromatic nitrogens is 3. The molecular weight excluding hydrogens is 306 g/mol. The molecule has 1 N–H and O–H groups in total. The number of anilines is 1. The van der Waals surface area contributed by atoms with Crippen molar-refractivity contribution in [2.45, 2.75) is 13.3 Å². The number of hydrogen-bond acceptors (Lipinski definition) is 6. The van der Waals surface area contributed by atoms with Crippen molar-refractivity contribution in [3.63, 3.8) is 0 Å². The summed E-state index contributed by atoms with van der Waals surface area (Å²) < 4.78 is 0. The van der Waals surface area contributed by atoms with Crippen LogP contribution >= 0.6 is 11.3 Å². The summed E-state index contributed by atoms with van der Waals surface area (Å²) >= 11 is 1.77. The maximum atomic E-state index is 4.90. The second-order valence-corrected chi connectivity index (χ2v) is 6.75. The fourth-order valence-electron chi connectivity index (χ4n) is 2.87. The predicted molar refractivity (Wildman–Crippen MR) is 95.1 cm³/mol. The monoisotopic (exact) mass is 325 g/mol. The third-order valence-electron chi connectivity index (χ3n) is 4.11. The molecule has 3 aromatic rings. The third kappa shape index (κ3) is 2.80. The lowest BCUT2D eigenvalue weighted by Crippen LogP contribution is -2.44. The van der Waals surface area contributed by atoms with Gasteiger partial charge < -0.3 is 10.2 Å². The topological polar surface area (TPSA) is 53.9 Å². The van der Waals surface area contributed by atoms with Crippen LogP contribution in [0.2, 0.25) is 0 Å². The van der Waals surface area contributed by atoms with Crippen molar-refractivity contribution in [2.24, 2.45) is 0 Å². The summed E-state index contributed by atoms with van der Waals surface area (Å²) in [5.41, 5.74) is 0.970. The van der Waals surface area contributed by atoms with Gasteiger partial charge in [0.05, 0.1) is 5.39 Å². The van der Waals surface area contributed by atoms with Crippen LogP contribution in [0.5, 0.6) is 0 Å². The number of aryl methyl sites for hydroxylation is 1. The highest BCUT2D eigenvalue weighted by molar-refractivity contribution is 7.18. The molecule has 4 rings (SSSR count). The lowest BCUT2D eigenvalue weighted by molar-refractivity contribution is 0.586. The minimum Gasteiger partial charge on any atom is -0.353 e. The van der Waals surface area contributed by atoms with Gasteiger partial charge in [0, 0.05) is 49.0 Å². The van der Waals surface area contributed by atoms with Gasteiger partial charge in [-0.25, -0.2) is 9.97 Å². The maximum absolute atomic E-state index is 4.90. The van der Waals surface area contributed by atoms with Gasteiger partial charge in [-0.2, -0.15) is 0 Å². The van der Waals surface area contributed by atoms with Crippen LogP contribution < -0.4 is 10.2 Å². The number of piperazine rings is 1. The van der Waals surface area contributed by atoms with Crippen molar-refractivity contribution in [3.05, 3.63) is 35.5 Å². The van der Waals surface area contributed by atoms with Crippen molar-refractivity contribution in [1.29, 1.82) is 0 Å². The average molecular weight is 325 g/mol. The van der Waals surface area contributed by atoms with E-state index in [1.54, 1.807) is 17.5 Å².